The molecule has 0 aliphatic carbocycles. The number of hydrazone groups is 2. The van der Waals surface area contributed by atoms with Crippen molar-refractivity contribution in [2.45, 2.75) is 137 Å². The number of ether oxygens (including phenoxy) is 4. The topological polar surface area (TPSA) is 465 Å². The van der Waals surface area contributed by atoms with Crippen molar-refractivity contribution in [2.24, 2.45) is 10.2 Å². The lowest BCUT2D eigenvalue weighted by Crippen LogP contribution is -2.83. The summed E-state index contributed by atoms with van der Waals surface area (Å²) in [5.74, 6) is -3.19. The maximum Gasteiger partial charge on any atom is 0.452 e. The van der Waals surface area contributed by atoms with E-state index in [1.54, 1.807) is 34.5 Å². The van der Waals surface area contributed by atoms with Gasteiger partial charge in [0.05, 0.1) is 119 Å². The molecule has 4 aromatic rings. The number of aliphatic hydroxyl groups excluding tert-OH is 10. The van der Waals surface area contributed by atoms with Crippen LogP contribution in [0.5, 0.6) is 0 Å². The molecule has 2 fully saturated rings. The second kappa shape index (κ2) is 39.3. The van der Waals surface area contributed by atoms with Crippen molar-refractivity contribution in [3.63, 3.8) is 0 Å². The average Bonchev–Trinajstić information content (AvgIpc) is 1.03. The fourth-order valence-electron chi connectivity index (χ4n) is 10.9. The highest BCUT2D eigenvalue weighted by Crippen LogP contribution is 2.45. The molecule has 14 atom stereocenters. The summed E-state index contributed by atoms with van der Waals surface area (Å²) in [6.45, 7) is 1.47. The number of carbonyl (C=O) groups excluding carboxylic acids is 2. The molecule has 4 aromatic carbocycles. The molecule has 0 bridgehead atoms. The summed E-state index contributed by atoms with van der Waals surface area (Å²) in [6.07, 6.45) is -37.6. The minimum absolute atomic E-state index is 0.000912. The van der Waals surface area contributed by atoms with Gasteiger partial charge in [-0.1, -0.05) is 24.3 Å². The fraction of sp³-hybridized carbons (Fsp3) is 0.548. The largest absolute Gasteiger partial charge is 0.793 e. The maximum absolute atomic E-state index is 13.7. The first-order valence-corrected chi connectivity index (χ1v) is 35.2. The van der Waals surface area contributed by atoms with Crippen molar-refractivity contribution in [3.05, 3.63) is 141 Å². The van der Waals surface area contributed by atoms with Crippen LogP contribution in [0.2, 0.25) is 0 Å². The molecule has 108 heavy (non-hydrogen) atoms. The molecule has 2 saturated heterocycles. The van der Waals surface area contributed by atoms with E-state index >= 15 is 0 Å². The first-order chi connectivity index (χ1) is 49.9. The van der Waals surface area contributed by atoms with Crippen molar-refractivity contribution < 1.29 is 180 Å². The predicted octanol–water partition coefficient (Wildman–Crippen LogP) is 0.0100. The molecule has 0 radical (unpaired) electrons. The highest BCUT2D eigenvalue weighted by atomic mass is 31.2. The van der Waals surface area contributed by atoms with Crippen molar-refractivity contribution in [2.75, 3.05) is 79.8 Å². The highest BCUT2D eigenvalue weighted by Gasteiger charge is 2.45. The van der Waals surface area contributed by atoms with Gasteiger partial charge in [0.15, 0.2) is 12.6 Å². The summed E-state index contributed by atoms with van der Waals surface area (Å²) in [4.78, 5) is 68.6. The Morgan fingerprint density at radius 3 is 1.07 bits per heavy atom. The SMILES string of the molecule is C[C@@H](O[C@H]1OCCN(CC2=NN(P(=O)(O)O)C(=O)C2)[C@H]1c1ccc(F)cc1)c1cc(C(F)(F)F)cc(C(F)(F)F)c1.C[C@@H](O[C@H]1OCCN(CC2=NN(P(=O)([O-])[O-])C(=O)C2)[C@H]1c1ccc(F)cc1)c1cc(C(F)(F)F)cc(C(F)(F)F)c1.C[NH2+]C[C@H](O)[C@@H](O)[C@H](O)[C@H](O)CO.C[NH2+]C[C@H](O)[C@@H](O)[C@H](O)[C@H](O)CO. The van der Waals surface area contributed by atoms with Gasteiger partial charge < -0.3 is 105 Å². The van der Waals surface area contributed by atoms with Crippen LogP contribution >= 0.6 is 15.5 Å². The third-order valence-corrected chi connectivity index (χ3v) is 17.9. The lowest BCUT2D eigenvalue weighted by Gasteiger charge is -2.42. The van der Waals surface area contributed by atoms with Gasteiger partial charge in [0.25, 0.3) is 11.8 Å². The molecule has 0 unspecified atom stereocenters. The molecule has 0 aromatic heterocycles. The minimum Gasteiger partial charge on any atom is -0.793 e. The molecular weight excluding hydrogens is 1540 g/mol. The molecule has 16 N–H and O–H groups in total. The summed E-state index contributed by atoms with van der Waals surface area (Å²) in [5.41, 5.74) is -6.12. The van der Waals surface area contributed by atoms with Gasteiger partial charge in [-0.05, 0) is 96.8 Å². The van der Waals surface area contributed by atoms with Crippen LogP contribution in [0.1, 0.15) is 95.5 Å². The van der Waals surface area contributed by atoms with E-state index in [2.05, 4.69) is 10.2 Å². The zero-order valence-corrected chi connectivity index (χ0v) is 58.9. The van der Waals surface area contributed by atoms with Crippen LogP contribution in [0.15, 0.2) is 95.1 Å². The van der Waals surface area contributed by atoms with Gasteiger partial charge in [-0.25, -0.2) is 18.1 Å². The first kappa shape index (κ1) is 92.4. The number of benzene rings is 4. The Hall–Kier alpha value is -6.24. The van der Waals surface area contributed by atoms with E-state index in [0.29, 0.717) is 35.4 Å². The van der Waals surface area contributed by atoms with Gasteiger partial charge in [-0.2, -0.15) is 62.9 Å². The van der Waals surface area contributed by atoms with Crippen molar-refractivity contribution >= 4 is 38.7 Å². The van der Waals surface area contributed by atoms with E-state index in [1.165, 1.54) is 38.1 Å². The van der Waals surface area contributed by atoms with Crippen molar-refractivity contribution in [3.8, 4) is 0 Å². The zero-order chi connectivity index (χ0) is 81.5. The maximum atomic E-state index is 13.7. The Bertz CT molecular complexity index is 3440. The number of aliphatic hydroxyl groups is 10. The van der Waals surface area contributed by atoms with Gasteiger partial charge in [-0.15, -0.1) is 4.78 Å². The van der Waals surface area contributed by atoms with Gasteiger partial charge >= 0.3 is 32.5 Å². The predicted molar refractivity (Wildman–Crippen MR) is 338 cm³/mol. The van der Waals surface area contributed by atoms with E-state index in [0.717, 1.165) is 24.3 Å². The number of alkyl halides is 12. The fourth-order valence-corrected chi connectivity index (χ4v) is 12.1. The highest BCUT2D eigenvalue weighted by molar-refractivity contribution is 7.50. The van der Waals surface area contributed by atoms with E-state index in [-0.39, 0.29) is 85.6 Å². The van der Waals surface area contributed by atoms with Crippen LogP contribution in [0.3, 0.4) is 0 Å². The molecule has 4 aliphatic rings. The number of carbonyl (C=O) groups is 2. The second-order valence-electron chi connectivity index (χ2n) is 24.6. The number of nitrogens with two attached hydrogens (primary N) is 2. The summed E-state index contributed by atoms with van der Waals surface area (Å²) in [5, 5.41) is 100. The number of hydrogen-bond acceptors (Lipinski definition) is 24. The van der Waals surface area contributed by atoms with E-state index < -0.39 is 209 Å². The monoisotopic (exact) mass is 1620 g/mol. The van der Waals surface area contributed by atoms with Gasteiger partial charge in [0.1, 0.15) is 73.6 Å². The Labute approximate surface area is 605 Å². The molecule has 2 amide bonds. The molecule has 30 nitrogen and oxygen atoms in total. The van der Waals surface area contributed by atoms with Crippen LogP contribution in [-0.4, -0.2) is 245 Å². The number of amides is 2. The third kappa shape index (κ3) is 26.5. The number of likely N-dealkylation sites (N-methyl/N-ethyl adjacent to an activating group) is 2. The number of quaternary nitrogens is 2. The van der Waals surface area contributed by atoms with Crippen molar-refractivity contribution in [1.82, 2.24) is 19.4 Å². The molecule has 8 rings (SSSR count). The molecule has 0 spiro atoms. The Balaban J connectivity index is 0.000000292. The molecule has 46 heteroatoms. The summed E-state index contributed by atoms with van der Waals surface area (Å²) in [7, 11) is -7.12. The summed E-state index contributed by atoms with van der Waals surface area (Å²) >= 11 is 0. The standard InChI is InChI=1S/2C24H23F7N3O6P.2C7H17NO5/c2*1-13(15-8-16(23(26,27)28)10-17(9-15)24(29,30)31)40-22-21(14-2-4-18(25)5-3-14)33(6-7-39-22)12-19-11-20(35)34(32-19)41(36,37)38;2*1-8-2-4(10)6(12)7(13)5(11)3-9/h2*2-5,8-10,13,21-22H,6-7,11-12H2,1H3,(H2,36,37,38);2*4-13H,2-3H2,1H3/t2*13-,21+,22-;2*4-,5+,6+,7+/m1100/s1. The average molecular weight is 1620 g/mol. The lowest BCUT2D eigenvalue weighted by atomic mass is 10.0. The smallest absolute Gasteiger partial charge is 0.452 e. The molecule has 4 aliphatic heterocycles. The van der Waals surface area contributed by atoms with Crippen LogP contribution in [0, 0.1) is 11.6 Å². The third-order valence-electron chi connectivity index (χ3n) is 16.4. The second-order valence-corrected chi connectivity index (χ2v) is 27.3. The normalized spacial score (nSPS) is 21.5. The molecular formula is C62H80F14N8O22P2. The minimum atomic E-state index is -5.51. The Kier molecular flexibility index (Phi) is 33.6. The van der Waals surface area contributed by atoms with Crippen LogP contribution in [-0.2, 0) is 62.4 Å². The molecule has 608 valence electrons. The van der Waals surface area contributed by atoms with Gasteiger partial charge in [0.2, 0.25) is 0 Å². The van der Waals surface area contributed by atoms with Crippen molar-refractivity contribution in [1.29, 1.82) is 0 Å². The van der Waals surface area contributed by atoms with Crippen LogP contribution < -0.4 is 20.4 Å². The summed E-state index contributed by atoms with van der Waals surface area (Å²) < 4.78 is 234. The quantitative estimate of drug-likeness (QED) is 0.0291. The number of hydrogen-bond donors (Lipinski definition) is 14. The number of rotatable bonds is 26. The molecule has 4 heterocycles. The number of morpholine rings is 2. The van der Waals surface area contributed by atoms with Crippen LogP contribution in [0.25, 0.3) is 0 Å². The van der Waals surface area contributed by atoms with Gasteiger partial charge in [-0.3, -0.25) is 19.4 Å². The van der Waals surface area contributed by atoms with Crippen LogP contribution in [0.4, 0.5) is 61.5 Å². The number of nitrogens with zero attached hydrogens (tertiary/aromatic N) is 6. The zero-order valence-electron chi connectivity index (χ0n) is 57.1. The lowest BCUT2D eigenvalue weighted by molar-refractivity contribution is -0.635. The summed E-state index contributed by atoms with van der Waals surface area (Å²) in [6, 6.07) is 10.2. The number of halogens is 14. The van der Waals surface area contributed by atoms with E-state index in [1.807, 2.05) is 0 Å². The molecule has 0 saturated carbocycles. The Morgan fingerprint density at radius 2 is 0.815 bits per heavy atom. The van der Waals surface area contributed by atoms with E-state index in [4.69, 9.17) is 49.6 Å². The van der Waals surface area contributed by atoms with E-state index in [9.17, 15) is 120 Å². The van der Waals surface area contributed by atoms with Gasteiger partial charge in [0, 0.05) is 26.2 Å². The first-order valence-electron chi connectivity index (χ1n) is 32.2. The Morgan fingerprint density at radius 1 is 0.519 bits per heavy atom.